The number of carboxylic acid groups (broad SMARTS) is 1. The number of ether oxygens (including phenoxy) is 1. The molecule has 31 heavy (non-hydrogen) atoms. The summed E-state index contributed by atoms with van der Waals surface area (Å²) in [6.07, 6.45) is 22.2. The maximum atomic E-state index is 10.7. The zero-order valence-electron chi connectivity index (χ0n) is 21.2. The Bertz CT molecular complexity index is 514. The second kappa shape index (κ2) is 13.2. The quantitative estimate of drug-likeness (QED) is 0.219. The van der Waals surface area contributed by atoms with Gasteiger partial charge in [-0.1, -0.05) is 105 Å². The first-order valence-corrected chi connectivity index (χ1v) is 13.7. The van der Waals surface area contributed by atoms with Gasteiger partial charge >= 0.3 is 5.97 Å². The number of rotatable bonds is 18. The molecule has 0 heterocycles. The van der Waals surface area contributed by atoms with Gasteiger partial charge in [0.15, 0.2) is 0 Å². The molecule has 3 nitrogen and oxygen atoms in total. The van der Waals surface area contributed by atoms with Crippen molar-refractivity contribution in [2.45, 2.75) is 155 Å². The van der Waals surface area contributed by atoms with Crippen LogP contribution < -0.4 is 0 Å². The van der Waals surface area contributed by atoms with E-state index in [1.165, 1.54) is 89.9 Å². The van der Waals surface area contributed by atoms with Crippen LogP contribution in [0.3, 0.4) is 0 Å². The van der Waals surface area contributed by atoms with Gasteiger partial charge in [0.2, 0.25) is 0 Å². The molecule has 3 heteroatoms. The SMILES string of the molecule is CCCCCCCCCC(CCCCCCCC(=O)O)OC12CC(C)CCC1C2(C)C. The van der Waals surface area contributed by atoms with E-state index in [2.05, 4.69) is 27.7 Å². The van der Waals surface area contributed by atoms with Gasteiger partial charge in [-0.25, -0.2) is 0 Å². The highest BCUT2D eigenvalue weighted by Gasteiger charge is 2.73. The minimum absolute atomic E-state index is 0.151. The van der Waals surface area contributed by atoms with E-state index in [4.69, 9.17) is 9.84 Å². The summed E-state index contributed by atoms with van der Waals surface area (Å²) in [6.45, 7) is 9.59. The highest BCUT2D eigenvalue weighted by atomic mass is 16.5. The first-order chi connectivity index (χ1) is 14.8. The molecule has 0 radical (unpaired) electrons. The molecule has 2 aliphatic rings. The van der Waals surface area contributed by atoms with Crippen LogP contribution in [-0.4, -0.2) is 22.8 Å². The molecule has 182 valence electrons. The normalized spacial score (nSPS) is 27.6. The van der Waals surface area contributed by atoms with Gasteiger partial charge in [0.25, 0.3) is 0 Å². The number of hydrogen-bond acceptors (Lipinski definition) is 2. The van der Waals surface area contributed by atoms with Gasteiger partial charge in [0, 0.05) is 6.42 Å². The van der Waals surface area contributed by atoms with Crippen LogP contribution in [-0.2, 0) is 9.53 Å². The monoisotopic (exact) mass is 436 g/mol. The number of hydrogen-bond donors (Lipinski definition) is 1. The van der Waals surface area contributed by atoms with E-state index in [0.717, 1.165) is 31.1 Å². The number of carboxylic acids is 1. The molecule has 0 amide bonds. The summed E-state index contributed by atoms with van der Waals surface area (Å²) in [7, 11) is 0. The zero-order valence-corrected chi connectivity index (χ0v) is 21.2. The highest BCUT2D eigenvalue weighted by Crippen LogP contribution is 2.71. The molecular formula is C28H52O3. The maximum absolute atomic E-state index is 10.7. The minimum atomic E-state index is -0.661. The largest absolute Gasteiger partial charge is 0.481 e. The van der Waals surface area contributed by atoms with Crippen LogP contribution in [0.15, 0.2) is 0 Å². The third-order valence-electron chi connectivity index (χ3n) is 8.46. The standard InChI is InChI=1S/C28H52O3/c1-5-6-7-8-9-11-14-17-24(18-15-12-10-13-16-19-26(29)30)31-28-22-23(2)20-21-25(28)27(28,3)4/h23-25H,5-22H2,1-4H3,(H,29,30). The first kappa shape index (κ1) is 26.7. The molecule has 1 N–H and O–H groups in total. The van der Waals surface area contributed by atoms with Crippen molar-refractivity contribution < 1.29 is 14.6 Å². The van der Waals surface area contributed by atoms with Gasteiger partial charge in [-0.3, -0.25) is 4.79 Å². The topological polar surface area (TPSA) is 46.5 Å². The molecule has 4 atom stereocenters. The molecule has 0 saturated heterocycles. The summed E-state index contributed by atoms with van der Waals surface area (Å²) in [5.41, 5.74) is 0.505. The maximum Gasteiger partial charge on any atom is 0.303 e. The van der Waals surface area contributed by atoms with E-state index in [0.29, 0.717) is 17.9 Å². The molecule has 0 spiro atoms. The summed E-state index contributed by atoms with van der Waals surface area (Å²) < 4.78 is 7.07. The molecule has 0 aromatic rings. The predicted octanol–water partition coefficient (Wildman–Crippen LogP) is 8.54. The number of aliphatic carboxylic acids is 1. The Balaban J connectivity index is 1.76. The molecule has 0 bridgehead atoms. The van der Waals surface area contributed by atoms with Crippen LogP contribution in [0.25, 0.3) is 0 Å². The summed E-state index contributed by atoms with van der Waals surface area (Å²) in [6, 6.07) is 0. The van der Waals surface area contributed by atoms with E-state index in [1.54, 1.807) is 0 Å². The molecule has 2 fully saturated rings. The van der Waals surface area contributed by atoms with Crippen molar-refractivity contribution in [2.75, 3.05) is 0 Å². The van der Waals surface area contributed by atoms with E-state index in [-0.39, 0.29) is 5.60 Å². The zero-order chi connectivity index (χ0) is 22.7. The highest BCUT2D eigenvalue weighted by molar-refractivity contribution is 5.66. The lowest BCUT2D eigenvalue weighted by molar-refractivity contribution is -0.137. The molecule has 0 aromatic heterocycles. The van der Waals surface area contributed by atoms with Crippen LogP contribution in [0.1, 0.15) is 143 Å². The first-order valence-electron chi connectivity index (χ1n) is 13.7. The van der Waals surface area contributed by atoms with Gasteiger partial charge in [-0.2, -0.15) is 0 Å². The molecule has 0 aromatic carbocycles. The van der Waals surface area contributed by atoms with Gasteiger partial charge in [-0.15, -0.1) is 0 Å². The van der Waals surface area contributed by atoms with E-state index < -0.39 is 5.97 Å². The van der Waals surface area contributed by atoms with Crippen molar-refractivity contribution in [1.82, 2.24) is 0 Å². The predicted molar refractivity (Wildman–Crippen MR) is 130 cm³/mol. The molecule has 2 aliphatic carbocycles. The third-order valence-corrected chi connectivity index (χ3v) is 8.46. The molecule has 4 unspecified atom stereocenters. The van der Waals surface area contributed by atoms with E-state index in [1.807, 2.05) is 0 Å². The Kier molecular flexibility index (Phi) is 11.4. The Hall–Kier alpha value is -0.570. The third kappa shape index (κ3) is 8.06. The molecular weight excluding hydrogens is 384 g/mol. The fourth-order valence-electron chi connectivity index (χ4n) is 6.34. The second-order valence-electron chi connectivity index (χ2n) is 11.4. The van der Waals surface area contributed by atoms with Gasteiger partial charge in [0.1, 0.15) is 0 Å². The Morgan fingerprint density at radius 2 is 1.45 bits per heavy atom. The van der Waals surface area contributed by atoms with Crippen LogP contribution in [0.4, 0.5) is 0 Å². The van der Waals surface area contributed by atoms with Crippen LogP contribution in [0.5, 0.6) is 0 Å². The summed E-state index contributed by atoms with van der Waals surface area (Å²) in [5.74, 6) is 0.904. The number of fused-ring (bicyclic) bond motifs is 1. The summed E-state index contributed by atoms with van der Waals surface area (Å²) in [4.78, 5) is 10.7. The molecule has 0 aliphatic heterocycles. The van der Waals surface area contributed by atoms with Gasteiger partial charge in [0.05, 0.1) is 11.7 Å². The van der Waals surface area contributed by atoms with Gasteiger partial charge in [-0.05, 0) is 49.4 Å². The molecule has 2 saturated carbocycles. The lowest BCUT2D eigenvalue weighted by atomic mass is 9.88. The average Bonchev–Trinajstić information content (AvgIpc) is 3.18. The van der Waals surface area contributed by atoms with E-state index >= 15 is 0 Å². The number of unbranched alkanes of at least 4 members (excludes halogenated alkanes) is 10. The lowest BCUT2D eigenvalue weighted by Crippen LogP contribution is -2.32. The lowest BCUT2D eigenvalue weighted by Gasteiger charge is -2.33. The van der Waals surface area contributed by atoms with Crippen molar-refractivity contribution >= 4 is 5.97 Å². The fraction of sp³-hybridized carbons (Fsp3) is 0.964. The van der Waals surface area contributed by atoms with E-state index in [9.17, 15) is 4.79 Å². The Morgan fingerprint density at radius 3 is 2.03 bits per heavy atom. The fourth-order valence-corrected chi connectivity index (χ4v) is 6.34. The van der Waals surface area contributed by atoms with Crippen molar-refractivity contribution in [1.29, 1.82) is 0 Å². The van der Waals surface area contributed by atoms with Gasteiger partial charge < -0.3 is 9.84 Å². The second-order valence-corrected chi connectivity index (χ2v) is 11.4. The minimum Gasteiger partial charge on any atom is -0.481 e. The Labute approximate surface area is 193 Å². The van der Waals surface area contributed by atoms with Crippen LogP contribution in [0.2, 0.25) is 0 Å². The van der Waals surface area contributed by atoms with Crippen molar-refractivity contribution in [3.05, 3.63) is 0 Å². The van der Waals surface area contributed by atoms with Crippen LogP contribution in [0, 0.1) is 17.3 Å². The Morgan fingerprint density at radius 1 is 0.903 bits per heavy atom. The molecule has 2 rings (SSSR count). The van der Waals surface area contributed by atoms with Crippen molar-refractivity contribution in [3.63, 3.8) is 0 Å². The smallest absolute Gasteiger partial charge is 0.303 e. The average molecular weight is 437 g/mol. The number of carbonyl (C=O) groups is 1. The van der Waals surface area contributed by atoms with Crippen molar-refractivity contribution in [2.24, 2.45) is 17.3 Å². The summed E-state index contributed by atoms with van der Waals surface area (Å²) in [5, 5.41) is 8.78. The summed E-state index contributed by atoms with van der Waals surface area (Å²) >= 11 is 0. The van der Waals surface area contributed by atoms with Crippen molar-refractivity contribution in [3.8, 4) is 0 Å². The van der Waals surface area contributed by atoms with Crippen LogP contribution >= 0.6 is 0 Å².